The van der Waals surface area contributed by atoms with Gasteiger partial charge in [0.1, 0.15) is 5.82 Å². The molecule has 1 aliphatic heterocycles. The van der Waals surface area contributed by atoms with Gasteiger partial charge < -0.3 is 14.7 Å². The molecule has 36 heavy (non-hydrogen) atoms. The average Bonchev–Trinajstić information content (AvgIpc) is 3.26. The Hall–Kier alpha value is -3.51. The molecule has 1 atom stereocenters. The fourth-order valence-corrected chi connectivity index (χ4v) is 4.98. The van der Waals surface area contributed by atoms with Crippen molar-refractivity contribution in [3.63, 3.8) is 0 Å². The van der Waals surface area contributed by atoms with E-state index in [4.69, 9.17) is 4.74 Å². The number of amides is 1. The Labute approximate surface area is 211 Å². The fraction of sp³-hybridized carbons (Fsp3) is 0.333. The van der Waals surface area contributed by atoms with Crippen LogP contribution in [0.25, 0.3) is 11.1 Å². The number of rotatable bonds is 5. The molecule has 6 heteroatoms. The van der Waals surface area contributed by atoms with E-state index in [1.54, 1.807) is 11.0 Å². The van der Waals surface area contributed by atoms with Gasteiger partial charge >= 0.3 is 5.97 Å². The summed E-state index contributed by atoms with van der Waals surface area (Å²) in [4.78, 5) is 27.5. The van der Waals surface area contributed by atoms with Gasteiger partial charge in [0.05, 0.1) is 5.60 Å². The maximum Gasteiger partial charge on any atom is 0.337 e. The van der Waals surface area contributed by atoms with Gasteiger partial charge in [-0.3, -0.25) is 4.79 Å². The van der Waals surface area contributed by atoms with Gasteiger partial charge in [0, 0.05) is 24.2 Å². The van der Waals surface area contributed by atoms with E-state index < -0.39 is 23.5 Å². The van der Waals surface area contributed by atoms with Gasteiger partial charge in [0.15, 0.2) is 6.10 Å². The van der Waals surface area contributed by atoms with Crippen LogP contribution in [0, 0.1) is 26.6 Å². The number of ether oxygens (including phenoxy) is 1. The molecule has 0 saturated heterocycles. The number of carboxylic acid groups (broad SMARTS) is 1. The second kappa shape index (κ2) is 9.51. The summed E-state index contributed by atoms with van der Waals surface area (Å²) in [5, 5.41) is 10.3. The number of nitrogens with zero attached hydrogens (tertiary/aromatic N) is 1. The van der Waals surface area contributed by atoms with Gasteiger partial charge in [0.2, 0.25) is 0 Å². The summed E-state index contributed by atoms with van der Waals surface area (Å²) in [6, 6.07) is 13.7. The van der Waals surface area contributed by atoms with Gasteiger partial charge in [0.25, 0.3) is 5.91 Å². The second-order valence-electron chi connectivity index (χ2n) is 10.5. The van der Waals surface area contributed by atoms with E-state index in [9.17, 15) is 19.1 Å². The molecule has 5 nitrogen and oxygen atoms in total. The number of aryl methyl sites for hydroxylation is 1. The maximum absolute atomic E-state index is 13.8. The number of hydrogen-bond donors (Lipinski definition) is 1. The number of carboxylic acids is 1. The molecule has 0 aliphatic carbocycles. The van der Waals surface area contributed by atoms with Gasteiger partial charge in [-0.1, -0.05) is 35.9 Å². The predicted molar refractivity (Wildman–Crippen MR) is 137 cm³/mol. The van der Waals surface area contributed by atoms with Crippen molar-refractivity contribution in [1.82, 2.24) is 4.90 Å². The predicted octanol–water partition coefficient (Wildman–Crippen LogP) is 6.51. The molecule has 0 bridgehead atoms. The Morgan fingerprint density at radius 3 is 2.14 bits per heavy atom. The normalized spacial score (nSPS) is 14.0. The van der Waals surface area contributed by atoms with Crippen LogP contribution in [0.3, 0.4) is 0 Å². The number of fused-ring (bicyclic) bond motifs is 1. The summed E-state index contributed by atoms with van der Waals surface area (Å²) >= 11 is 0. The van der Waals surface area contributed by atoms with Crippen LogP contribution in [0.15, 0.2) is 48.5 Å². The zero-order chi connectivity index (χ0) is 26.4. The maximum atomic E-state index is 13.8. The lowest BCUT2D eigenvalue weighted by Crippen LogP contribution is -2.28. The summed E-state index contributed by atoms with van der Waals surface area (Å²) in [7, 11) is 0. The van der Waals surface area contributed by atoms with Gasteiger partial charge in [-0.25, -0.2) is 9.18 Å². The first-order valence-corrected chi connectivity index (χ1v) is 12.0. The molecular weight excluding hydrogens is 457 g/mol. The van der Waals surface area contributed by atoms with E-state index >= 15 is 0 Å². The third kappa shape index (κ3) is 4.91. The minimum absolute atomic E-state index is 0.260. The second-order valence-corrected chi connectivity index (χ2v) is 10.5. The van der Waals surface area contributed by atoms with Crippen LogP contribution < -0.4 is 0 Å². The first-order valence-electron chi connectivity index (χ1n) is 12.0. The van der Waals surface area contributed by atoms with E-state index in [0.29, 0.717) is 18.7 Å². The Bertz CT molecular complexity index is 1340. The molecule has 0 spiro atoms. The molecule has 4 rings (SSSR count). The standard InChI is InChI=1S/C30H32FNO4/c1-17-10-12-20(13-11-17)25-18(2)23-15-32(28(33)21-8-7-9-22(31)14-21)16-24(23)19(3)26(25)27(29(34)35)36-30(4,5)6/h7-14,27H,15-16H2,1-6H3,(H,34,35). The number of carbonyl (C=O) groups excluding carboxylic acids is 1. The van der Waals surface area contributed by atoms with Crippen LogP contribution in [0.4, 0.5) is 4.39 Å². The fourth-order valence-electron chi connectivity index (χ4n) is 4.98. The Morgan fingerprint density at radius 1 is 0.972 bits per heavy atom. The molecule has 188 valence electrons. The molecule has 0 radical (unpaired) electrons. The first kappa shape index (κ1) is 25.6. The lowest BCUT2D eigenvalue weighted by molar-refractivity contribution is -0.160. The van der Waals surface area contributed by atoms with E-state index in [0.717, 1.165) is 38.9 Å². The van der Waals surface area contributed by atoms with Gasteiger partial charge in [-0.2, -0.15) is 0 Å². The van der Waals surface area contributed by atoms with E-state index in [1.807, 2.05) is 65.8 Å². The summed E-state index contributed by atoms with van der Waals surface area (Å²) in [5.41, 5.74) is 6.68. The monoisotopic (exact) mass is 489 g/mol. The number of benzene rings is 3. The van der Waals surface area contributed by atoms with Gasteiger partial charge in [-0.05, 0) is 93.1 Å². The summed E-state index contributed by atoms with van der Waals surface area (Å²) in [6.07, 6.45) is -1.18. The van der Waals surface area contributed by atoms with E-state index in [2.05, 4.69) is 0 Å². The third-order valence-corrected chi connectivity index (χ3v) is 6.67. The van der Waals surface area contributed by atoms with Crippen molar-refractivity contribution in [1.29, 1.82) is 0 Å². The van der Waals surface area contributed by atoms with Crippen LogP contribution in [-0.2, 0) is 22.6 Å². The first-order chi connectivity index (χ1) is 16.9. The van der Waals surface area contributed by atoms with Crippen LogP contribution >= 0.6 is 0 Å². The summed E-state index contributed by atoms with van der Waals surface area (Å²) in [5.74, 6) is -1.78. The molecule has 0 saturated carbocycles. The third-order valence-electron chi connectivity index (χ3n) is 6.67. The highest BCUT2D eigenvalue weighted by atomic mass is 19.1. The molecule has 1 aliphatic rings. The highest BCUT2D eigenvalue weighted by Crippen LogP contribution is 2.43. The topological polar surface area (TPSA) is 66.8 Å². The molecule has 3 aromatic rings. The van der Waals surface area contributed by atoms with E-state index in [-0.39, 0.29) is 11.5 Å². The van der Waals surface area contributed by atoms with E-state index in [1.165, 1.54) is 18.2 Å². The van der Waals surface area contributed by atoms with Crippen molar-refractivity contribution in [2.75, 3.05) is 0 Å². The minimum Gasteiger partial charge on any atom is -0.479 e. The SMILES string of the molecule is Cc1ccc(-c2c(C)c3c(c(C)c2C(OC(C)(C)C)C(=O)O)CN(C(=O)c2cccc(F)c2)C3)cc1. The molecular formula is C30H32FNO4. The van der Waals surface area contributed by atoms with Crippen molar-refractivity contribution < 1.29 is 23.8 Å². The van der Waals surface area contributed by atoms with Crippen LogP contribution in [-0.4, -0.2) is 27.5 Å². The Balaban J connectivity index is 1.89. The van der Waals surface area contributed by atoms with Crippen molar-refractivity contribution in [3.05, 3.63) is 93.3 Å². The molecule has 3 aromatic carbocycles. The molecule has 0 aromatic heterocycles. The molecule has 1 unspecified atom stereocenters. The van der Waals surface area contributed by atoms with Crippen molar-refractivity contribution in [2.24, 2.45) is 0 Å². The van der Waals surface area contributed by atoms with Crippen LogP contribution in [0.2, 0.25) is 0 Å². The van der Waals surface area contributed by atoms with Crippen molar-refractivity contribution in [3.8, 4) is 11.1 Å². The molecule has 1 heterocycles. The highest BCUT2D eigenvalue weighted by Gasteiger charge is 2.36. The Kier molecular flexibility index (Phi) is 6.76. The highest BCUT2D eigenvalue weighted by molar-refractivity contribution is 5.95. The summed E-state index contributed by atoms with van der Waals surface area (Å²) in [6.45, 7) is 12.1. The smallest absolute Gasteiger partial charge is 0.337 e. The quantitative estimate of drug-likeness (QED) is 0.443. The van der Waals surface area contributed by atoms with Crippen LogP contribution in [0.1, 0.15) is 70.6 Å². The zero-order valence-electron chi connectivity index (χ0n) is 21.6. The van der Waals surface area contributed by atoms with Gasteiger partial charge in [-0.15, -0.1) is 0 Å². The summed E-state index contributed by atoms with van der Waals surface area (Å²) < 4.78 is 19.9. The minimum atomic E-state index is -1.18. The number of aliphatic carboxylic acids is 1. The number of halogens is 1. The molecule has 0 fully saturated rings. The van der Waals surface area contributed by atoms with Crippen LogP contribution in [0.5, 0.6) is 0 Å². The Morgan fingerprint density at radius 2 is 1.58 bits per heavy atom. The number of carbonyl (C=O) groups is 2. The molecule has 1 amide bonds. The van der Waals surface area contributed by atoms with Crippen molar-refractivity contribution in [2.45, 2.75) is 66.3 Å². The number of hydrogen-bond acceptors (Lipinski definition) is 3. The average molecular weight is 490 g/mol. The zero-order valence-corrected chi connectivity index (χ0v) is 21.6. The van der Waals surface area contributed by atoms with Crippen molar-refractivity contribution >= 4 is 11.9 Å². The lowest BCUT2D eigenvalue weighted by atomic mass is 9.83. The lowest BCUT2D eigenvalue weighted by Gasteiger charge is -2.29. The largest absolute Gasteiger partial charge is 0.479 e. The molecule has 1 N–H and O–H groups in total.